The minimum atomic E-state index is 0.152. The zero-order valence-corrected chi connectivity index (χ0v) is 15.2. The molecule has 0 N–H and O–H groups in total. The molecule has 0 aliphatic carbocycles. The molecule has 0 radical (unpaired) electrons. The van der Waals surface area contributed by atoms with Crippen molar-refractivity contribution in [1.29, 1.82) is 0 Å². The molecule has 2 fully saturated rings. The zero-order valence-electron chi connectivity index (χ0n) is 15.2. The van der Waals surface area contributed by atoms with Gasteiger partial charge in [-0.1, -0.05) is 12.1 Å². The Balaban J connectivity index is 1.62. The van der Waals surface area contributed by atoms with E-state index in [2.05, 4.69) is 33.8 Å². The van der Waals surface area contributed by atoms with E-state index in [0.29, 0.717) is 23.7 Å². The molecule has 3 unspecified atom stereocenters. The topological polar surface area (TPSA) is 65.7 Å². The first-order valence-corrected chi connectivity index (χ1v) is 8.99. The van der Waals surface area contributed by atoms with Gasteiger partial charge in [0.25, 0.3) is 0 Å². The second-order valence-corrected chi connectivity index (χ2v) is 7.25. The van der Waals surface area contributed by atoms with Crippen LogP contribution in [0.1, 0.15) is 44.9 Å². The van der Waals surface area contributed by atoms with Gasteiger partial charge in [0, 0.05) is 52.2 Å². The molecular weight excluding hydrogens is 306 g/mol. The van der Waals surface area contributed by atoms with Crippen molar-refractivity contribution < 1.29 is 9.32 Å². The Morgan fingerprint density at radius 3 is 2.71 bits per heavy atom. The van der Waals surface area contributed by atoms with Crippen LogP contribution in [0, 0.1) is 12.8 Å². The Morgan fingerprint density at radius 1 is 1.25 bits per heavy atom. The molecule has 1 aromatic rings. The lowest BCUT2D eigenvalue weighted by Gasteiger charge is -2.30. The van der Waals surface area contributed by atoms with Crippen LogP contribution in [0.5, 0.6) is 0 Å². The smallest absolute Gasteiger partial charge is 0.243 e. The van der Waals surface area contributed by atoms with Gasteiger partial charge in [-0.2, -0.15) is 4.98 Å². The van der Waals surface area contributed by atoms with Crippen molar-refractivity contribution in [1.82, 2.24) is 24.8 Å². The maximum absolute atomic E-state index is 11.6. The summed E-state index contributed by atoms with van der Waals surface area (Å²) in [6.45, 7) is 13.8. The Labute approximate surface area is 144 Å². The lowest BCUT2D eigenvalue weighted by molar-refractivity contribution is -0.128. The van der Waals surface area contributed by atoms with Crippen LogP contribution < -0.4 is 0 Å². The van der Waals surface area contributed by atoms with Crippen molar-refractivity contribution in [3.05, 3.63) is 11.7 Å². The van der Waals surface area contributed by atoms with E-state index in [1.54, 1.807) is 6.92 Å². The van der Waals surface area contributed by atoms with Crippen LogP contribution in [0.25, 0.3) is 0 Å². The highest BCUT2D eigenvalue weighted by molar-refractivity contribution is 5.73. The summed E-state index contributed by atoms with van der Waals surface area (Å²) in [5.74, 6) is 2.19. The molecule has 1 amide bonds. The summed E-state index contributed by atoms with van der Waals surface area (Å²) in [6.07, 6.45) is 1.06. The minimum Gasteiger partial charge on any atom is -0.342 e. The summed E-state index contributed by atoms with van der Waals surface area (Å²) < 4.78 is 5.35. The molecule has 0 saturated carbocycles. The van der Waals surface area contributed by atoms with Crippen molar-refractivity contribution >= 4 is 5.91 Å². The number of nitrogens with zero attached hydrogens (tertiary/aromatic N) is 5. The van der Waals surface area contributed by atoms with E-state index in [0.717, 1.165) is 45.7 Å². The van der Waals surface area contributed by atoms with Crippen molar-refractivity contribution in [2.45, 2.75) is 46.2 Å². The second-order valence-electron chi connectivity index (χ2n) is 7.25. The summed E-state index contributed by atoms with van der Waals surface area (Å²) in [6, 6.07) is 0.683. The zero-order chi connectivity index (χ0) is 17.3. The van der Waals surface area contributed by atoms with E-state index < -0.39 is 0 Å². The number of hydrogen-bond donors (Lipinski definition) is 0. The number of carbonyl (C=O) groups excluding carboxylic acids is 1. The first kappa shape index (κ1) is 17.4. The average Bonchev–Trinajstić information content (AvgIpc) is 3.04. The number of carbonyl (C=O) groups is 1. The van der Waals surface area contributed by atoms with Gasteiger partial charge in [0.15, 0.2) is 5.82 Å². The Kier molecular flexibility index (Phi) is 5.20. The standard InChI is InChI=1S/C17H29N5O2/c1-12-10-22(13(2)17-18-14(3)19-24-17)11-16(12)21-7-5-6-20(8-9-21)15(4)23/h12-13,16H,5-11H2,1-4H3. The van der Waals surface area contributed by atoms with Crippen molar-refractivity contribution in [3.8, 4) is 0 Å². The minimum absolute atomic E-state index is 0.152. The highest BCUT2D eigenvalue weighted by Crippen LogP contribution is 2.29. The highest BCUT2D eigenvalue weighted by atomic mass is 16.5. The van der Waals surface area contributed by atoms with Gasteiger partial charge in [0.1, 0.15) is 0 Å². The number of aromatic nitrogens is 2. The summed E-state index contributed by atoms with van der Waals surface area (Å²) in [4.78, 5) is 23.0. The van der Waals surface area contributed by atoms with Crippen molar-refractivity contribution in [2.75, 3.05) is 39.3 Å². The van der Waals surface area contributed by atoms with Gasteiger partial charge in [-0.05, 0) is 26.2 Å². The third-order valence-corrected chi connectivity index (χ3v) is 5.49. The SMILES string of the molecule is CC(=O)N1CCCN(C2CN(C(C)c3nc(C)no3)CC2C)CC1. The number of hydrogen-bond acceptors (Lipinski definition) is 6. The van der Waals surface area contributed by atoms with Gasteiger partial charge in [0.05, 0.1) is 6.04 Å². The summed E-state index contributed by atoms with van der Waals surface area (Å²) >= 11 is 0. The molecule has 7 nitrogen and oxygen atoms in total. The lowest BCUT2D eigenvalue weighted by Crippen LogP contribution is -2.43. The van der Waals surface area contributed by atoms with Crippen LogP contribution in [0.15, 0.2) is 4.52 Å². The van der Waals surface area contributed by atoms with E-state index in [4.69, 9.17) is 4.52 Å². The molecule has 0 aromatic carbocycles. The third-order valence-electron chi connectivity index (χ3n) is 5.49. The number of aryl methyl sites for hydroxylation is 1. The van der Waals surface area contributed by atoms with Crippen molar-refractivity contribution in [2.24, 2.45) is 5.92 Å². The summed E-state index contributed by atoms with van der Waals surface area (Å²) in [5.41, 5.74) is 0. The van der Waals surface area contributed by atoms with Crippen molar-refractivity contribution in [3.63, 3.8) is 0 Å². The molecule has 3 atom stereocenters. The highest BCUT2D eigenvalue weighted by Gasteiger charge is 2.37. The molecule has 2 aliphatic rings. The number of rotatable bonds is 3. The molecule has 0 bridgehead atoms. The molecular formula is C17H29N5O2. The first-order chi connectivity index (χ1) is 11.5. The van der Waals surface area contributed by atoms with Gasteiger partial charge in [-0.3, -0.25) is 14.6 Å². The Hall–Kier alpha value is -1.47. The monoisotopic (exact) mass is 335 g/mol. The van der Waals surface area contributed by atoms with E-state index in [1.807, 2.05) is 11.8 Å². The average molecular weight is 335 g/mol. The van der Waals surface area contributed by atoms with Crippen LogP contribution in [0.3, 0.4) is 0 Å². The van der Waals surface area contributed by atoms with Crippen LogP contribution in [0.4, 0.5) is 0 Å². The maximum atomic E-state index is 11.6. The van der Waals surface area contributed by atoms with Crippen LogP contribution >= 0.6 is 0 Å². The molecule has 24 heavy (non-hydrogen) atoms. The van der Waals surface area contributed by atoms with Crippen LogP contribution in [0.2, 0.25) is 0 Å². The van der Waals surface area contributed by atoms with E-state index in [9.17, 15) is 4.79 Å². The fourth-order valence-corrected chi connectivity index (χ4v) is 4.00. The molecule has 134 valence electrons. The molecule has 2 aliphatic heterocycles. The first-order valence-electron chi connectivity index (χ1n) is 8.99. The molecule has 2 saturated heterocycles. The lowest BCUT2D eigenvalue weighted by atomic mass is 10.0. The van der Waals surface area contributed by atoms with Gasteiger partial charge in [-0.15, -0.1) is 0 Å². The Bertz CT molecular complexity index is 575. The quantitative estimate of drug-likeness (QED) is 0.830. The van der Waals surface area contributed by atoms with Gasteiger partial charge in [0.2, 0.25) is 11.8 Å². The summed E-state index contributed by atoms with van der Waals surface area (Å²) in [5, 5.41) is 3.91. The predicted octanol–water partition coefficient (Wildman–Crippen LogP) is 1.31. The van der Waals surface area contributed by atoms with Gasteiger partial charge in [-0.25, -0.2) is 0 Å². The van der Waals surface area contributed by atoms with E-state index in [-0.39, 0.29) is 11.9 Å². The van der Waals surface area contributed by atoms with Crippen LogP contribution in [-0.2, 0) is 4.79 Å². The summed E-state index contributed by atoms with van der Waals surface area (Å²) in [7, 11) is 0. The second kappa shape index (κ2) is 7.19. The van der Waals surface area contributed by atoms with E-state index >= 15 is 0 Å². The number of likely N-dealkylation sites (tertiary alicyclic amines) is 1. The largest absolute Gasteiger partial charge is 0.342 e. The van der Waals surface area contributed by atoms with Gasteiger partial charge >= 0.3 is 0 Å². The van der Waals surface area contributed by atoms with E-state index in [1.165, 1.54) is 0 Å². The molecule has 3 rings (SSSR count). The Morgan fingerprint density at radius 2 is 2.04 bits per heavy atom. The normalized spacial score (nSPS) is 28.1. The van der Waals surface area contributed by atoms with Crippen LogP contribution in [-0.4, -0.2) is 76.1 Å². The maximum Gasteiger partial charge on any atom is 0.243 e. The van der Waals surface area contributed by atoms with Gasteiger partial charge < -0.3 is 9.42 Å². The third kappa shape index (κ3) is 3.62. The molecule has 3 heterocycles. The fraction of sp³-hybridized carbons (Fsp3) is 0.824. The molecule has 0 spiro atoms. The molecule has 7 heteroatoms. The predicted molar refractivity (Wildman–Crippen MR) is 90.4 cm³/mol. The number of amides is 1. The molecule has 1 aromatic heterocycles. The fourth-order valence-electron chi connectivity index (χ4n) is 4.00.